The van der Waals surface area contributed by atoms with Crippen molar-refractivity contribution in [3.8, 4) is 5.88 Å². The summed E-state index contributed by atoms with van der Waals surface area (Å²) in [7, 11) is 0. The van der Waals surface area contributed by atoms with Crippen molar-refractivity contribution in [2.45, 2.75) is 0 Å². The Bertz CT molecular complexity index is 269. The molecule has 0 aliphatic heterocycles. The van der Waals surface area contributed by atoms with Gasteiger partial charge in [-0.05, 0) is 0 Å². The molecular weight excluding hydrogens is 156 g/mol. The number of anilines is 1. The zero-order chi connectivity index (χ0) is 7.72. The summed E-state index contributed by atoms with van der Waals surface area (Å²) in [5.41, 5.74) is 5.10. The van der Waals surface area contributed by atoms with E-state index in [4.69, 9.17) is 15.9 Å². The second-order valence-electron chi connectivity index (χ2n) is 1.51. The zero-order valence-electron chi connectivity index (χ0n) is 4.74. The molecule has 0 bridgehead atoms. The van der Waals surface area contributed by atoms with Gasteiger partial charge in [-0.3, -0.25) is 0 Å². The van der Waals surface area contributed by atoms with E-state index in [-0.39, 0.29) is 10.0 Å². The van der Waals surface area contributed by atoms with Gasteiger partial charge in [0.05, 0.1) is 0 Å². The number of aromatic hydroxyl groups is 1. The van der Waals surface area contributed by atoms with Gasteiger partial charge in [0.15, 0.2) is 10.0 Å². The molecule has 1 rings (SSSR count). The monoisotopic (exact) mass is 160 g/mol. The van der Waals surface area contributed by atoms with Crippen molar-refractivity contribution in [3.63, 3.8) is 0 Å². The maximum atomic E-state index is 10.2. The van der Waals surface area contributed by atoms with Crippen LogP contribution in [0.2, 0.25) is 0 Å². The Labute approximate surface area is 59.7 Å². The molecule has 1 aromatic heterocycles. The number of nitrogens with two attached hydrogens (primary N) is 1. The Morgan fingerprint density at radius 2 is 2.30 bits per heavy atom. The third-order valence-electron chi connectivity index (χ3n) is 0.820. The number of thiazole rings is 1. The van der Waals surface area contributed by atoms with Crippen molar-refractivity contribution in [3.05, 3.63) is 4.88 Å². The Morgan fingerprint density at radius 3 is 2.50 bits per heavy atom. The van der Waals surface area contributed by atoms with Gasteiger partial charge in [0.2, 0.25) is 5.88 Å². The summed E-state index contributed by atoms with van der Waals surface area (Å²) in [5.74, 6) is -1.73. The molecule has 0 saturated heterocycles. The minimum atomic E-state index is -1.22. The molecule has 54 valence electrons. The molecule has 0 atom stereocenters. The zero-order valence-corrected chi connectivity index (χ0v) is 5.55. The van der Waals surface area contributed by atoms with Gasteiger partial charge >= 0.3 is 5.97 Å². The third-order valence-corrected chi connectivity index (χ3v) is 1.68. The fraction of sp³-hybridized carbons (Fsp3) is 0. The lowest BCUT2D eigenvalue weighted by atomic mass is 10.5. The summed E-state index contributed by atoms with van der Waals surface area (Å²) < 4.78 is 0. The van der Waals surface area contributed by atoms with E-state index in [1.807, 2.05) is 0 Å². The number of carboxylic acids is 1. The smallest absolute Gasteiger partial charge is 0.351 e. The fourth-order valence-corrected chi connectivity index (χ4v) is 1.03. The number of carboxylic acid groups (broad SMARTS) is 1. The van der Waals surface area contributed by atoms with Crippen LogP contribution >= 0.6 is 11.3 Å². The molecule has 0 saturated carbocycles. The Balaban J connectivity index is 3.15. The molecule has 0 aromatic carbocycles. The fourth-order valence-electron chi connectivity index (χ4n) is 0.467. The molecule has 5 nitrogen and oxygen atoms in total. The molecule has 0 spiro atoms. The van der Waals surface area contributed by atoms with Crippen LogP contribution in [0.3, 0.4) is 0 Å². The van der Waals surface area contributed by atoms with Gasteiger partial charge in [0.25, 0.3) is 0 Å². The second kappa shape index (κ2) is 2.14. The predicted octanol–water partition coefficient (Wildman–Crippen LogP) is 0.129. The molecule has 1 aromatic rings. The minimum absolute atomic E-state index is 0.0508. The van der Waals surface area contributed by atoms with Crippen molar-refractivity contribution in [2.24, 2.45) is 0 Å². The number of aromatic carboxylic acids is 1. The van der Waals surface area contributed by atoms with Crippen molar-refractivity contribution in [1.29, 1.82) is 0 Å². The number of aromatic nitrogens is 1. The van der Waals surface area contributed by atoms with Crippen LogP contribution in [0.1, 0.15) is 9.67 Å². The lowest BCUT2D eigenvalue weighted by Crippen LogP contribution is -1.91. The van der Waals surface area contributed by atoms with Crippen molar-refractivity contribution in [2.75, 3.05) is 5.73 Å². The van der Waals surface area contributed by atoms with Gasteiger partial charge in [0.1, 0.15) is 0 Å². The predicted molar refractivity (Wildman–Crippen MR) is 35.2 cm³/mol. The molecular formula is C4H4N2O3S. The van der Waals surface area contributed by atoms with Crippen LogP contribution < -0.4 is 5.73 Å². The van der Waals surface area contributed by atoms with Crippen molar-refractivity contribution in [1.82, 2.24) is 4.98 Å². The first-order valence-corrected chi connectivity index (χ1v) is 3.11. The highest BCUT2D eigenvalue weighted by Crippen LogP contribution is 2.24. The Morgan fingerprint density at radius 1 is 1.70 bits per heavy atom. The summed E-state index contributed by atoms with van der Waals surface area (Å²) >= 11 is 0.740. The maximum Gasteiger partial charge on any atom is 0.351 e. The van der Waals surface area contributed by atoms with Gasteiger partial charge in [-0.15, -0.1) is 0 Å². The largest absolute Gasteiger partial charge is 0.492 e. The molecule has 10 heavy (non-hydrogen) atoms. The van der Waals surface area contributed by atoms with Gasteiger partial charge in [-0.1, -0.05) is 11.3 Å². The first kappa shape index (κ1) is 6.81. The molecule has 0 unspecified atom stereocenters. The molecule has 0 amide bonds. The minimum Gasteiger partial charge on any atom is -0.492 e. The third kappa shape index (κ3) is 1.01. The van der Waals surface area contributed by atoms with Gasteiger partial charge in [0, 0.05) is 0 Å². The number of carbonyl (C=O) groups is 1. The topological polar surface area (TPSA) is 96.4 Å². The summed E-state index contributed by atoms with van der Waals surface area (Å²) in [6, 6.07) is 0. The van der Waals surface area contributed by atoms with Crippen molar-refractivity contribution >= 4 is 22.4 Å². The van der Waals surface area contributed by atoms with E-state index in [0.29, 0.717) is 0 Å². The van der Waals surface area contributed by atoms with Crippen LogP contribution in [0.4, 0.5) is 5.13 Å². The molecule has 4 N–H and O–H groups in total. The number of rotatable bonds is 1. The van der Waals surface area contributed by atoms with Crippen LogP contribution in [-0.4, -0.2) is 21.2 Å². The number of nitrogen functional groups attached to an aromatic ring is 1. The highest BCUT2D eigenvalue weighted by molar-refractivity contribution is 7.17. The van der Waals surface area contributed by atoms with E-state index in [1.54, 1.807) is 0 Å². The standard InChI is InChI=1S/C4H4N2O3S/c5-4-6-2(7)1(10-4)3(8)9/h7H,(H2,5,6)(H,8,9). The highest BCUT2D eigenvalue weighted by Gasteiger charge is 2.14. The average molecular weight is 160 g/mol. The number of hydrogen-bond acceptors (Lipinski definition) is 5. The van der Waals surface area contributed by atoms with Crippen LogP contribution in [0.25, 0.3) is 0 Å². The summed E-state index contributed by atoms with van der Waals surface area (Å²) in [6.45, 7) is 0. The summed E-state index contributed by atoms with van der Waals surface area (Å²) in [5, 5.41) is 17.1. The van der Waals surface area contributed by atoms with E-state index >= 15 is 0 Å². The van der Waals surface area contributed by atoms with Gasteiger partial charge in [-0.25, -0.2) is 4.79 Å². The second-order valence-corrected chi connectivity index (χ2v) is 2.54. The van der Waals surface area contributed by atoms with Gasteiger partial charge in [-0.2, -0.15) is 4.98 Å². The van der Waals surface area contributed by atoms with Gasteiger partial charge < -0.3 is 15.9 Å². The summed E-state index contributed by atoms with van der Waals surface area (Å²) in [6.07, 6.45) is 0. The van der Waals surface area contributed by atoms with E-state index in [9.17, 15) is 4.79 Å². The molecule has 0 radical (unpaired) electrons. The first-order chi connectivity index (χ1) is 4.61. The van der Waals surface area contributed by atoms with Crippen LogP contribution in [0.15, 0.2) is 0 Å². The first-order valence-electron chi connectivity index (χ1n) is 2.30. The Kier molecular flexibility index (Phi) is 1.46. The quantitative estimate of drug-likeness (QED) is 0.542. The van der Waals surface area contributed by atoms with E-state index in [2.05, 4.69) is 4.98 Å². The Hall–Kier alpha value is -1.30. The molecule has 1 heterocycles. The maximum absolute atomic E-state index is 10.2. The lowest BCUT2D eigenvalue weighted by molar-refractivity contribution is 0.0699. The van der Waals surface area contributed by atoms with E-state index < -0.39 is 11.8 Å². The highest BCUT2D eigenvalue weighted by atomic mass is 32.1. The average Bonchev–Trinajstić information content (AvgIpc) is 2.10. The molecule has 0 fully saturated rings. The molecule has 0 aliphatic rings. The van der Waals surface area contributed by atoms with E-state index in [0.717, 1.165) is 11.3 Å². The summed E-state index contributed by atoms with van der Waals surface area (Å²) in [4.78, 5) is 13.3. The molecule has 6 heteroatoms. The normalized spacial score (nSPS) is 9.60. The van der Waals surface area contributed by atoms with Crippen molar-refractivity contribution < 1.29 is 15.0 Å². The number of nitrogens with zero attached hydrogens (tertiary/aromatic N) is 1. The van der Waals surface area contributed by atoms with Crippen LogP contribution in [0, 0.1) is 0 Å². The SMILES string of the molecule is Nc1nc(O)c(C(=O)O)s1. The lowest BCUT2D eigenvalue weighted by Gasteiger charge is -1.83. The number of hydrogen-bond donors (Lipinski definition) is 3. The van der Waals surface area contributed by atoms with Crippen LogP contribution in [-0.2, 0) is 0 Å². The van der Waals surface area contributed by atoms with E-state index in [1.165, 1.54) is 0 Å². The molecule has 0 aliphatic carbocycles. The van der Waals surface area contributed by atoms with Crippen LogP contribution in [0.5, 0.6) is 5.88 Å².